The number of para-hydroxylation sites is 1. The number of hydrogen-bond acceptors (Lipinski definition) is 1. The van der Waals surface area contributed by atoms with Gasteiger partial charge in [-0.05, 0) is 31.9 Å². The van der Waals surface area contributed by atoms with Crippen molar-refractivity contribution in [2.45, 2.75) is 25.8 Å². The minimum Gasteiger partial charge on any atom is -0.307 e. The van der Waals surface area contributed by atoms with Crippen molar-refractivity contribution in [3.63, 3.8) is 0 Å². The number of hydrogen-bond donors (Lipinski definition) is 0. The average Bonchev–Trinajstić information content (AvgIpc) is 3.03. The van der Waals surface area contributed by atoms with Crippen molar-refractivity contribution < 1.29 is 4.79 Å². The summed E-state index contributed by atoms with van der Waals surface area (Å²) in [6.07, 6.45) is 2.10. The molecule has 1 saturated heterocycles. The van der Waals surface area contributed by atoms with Gasteiger partial charge in [0.25, 0.3) is 0 Å². The van der Waals surface area contributed by atoms with E-state index in [9.17, 15) is 4.79 Å². The van der Waals surface area contributed by atoms with Crippen molar-refractivity contribution in [2.24, 2.45) is 5.41 Å². The number of rotatable bonds is 1. The van der Waals surface area contributed by atoms with Crippen molar-refractivity contribution in [3.05, 3.63) is 29.3 Å². The number of halogens is 1. The van der Waals surface area contributed by atoms with Gasteiger partial charge in [0, 0.05) is 6.04 Å². The molecule has 1 atom stereocenters. The molecule has 2 fully saturated rings. The summed E-state index contributed by atoms with van der Waals surface area (Å²) in [7, 11) is 0. The molecule has 1 aliphatic carbocycles. The van der Waals surface area contributed by atoms with Crippen molar-refractivity contribution in [3.8, 4) is 0 Å². The highest BCUT2D eigenvalue weighted by atomic mass is 35.5. The highest BCUT2D eigenvalue weighted by Gasteiger charge is 2.66. The van der Waals surface area contributed by atoms with Gasteiger partial charge in [-0.3, -0.25) is 4.79 Å². The van der Waals surface area contributed by atoms with E-state index in [-0.39, 0.29) is 11.3 Å². The molecule has 0 radical (unpaired) electrons. The molecular formula is C12H12ClNO. The summed E-state index contributed by atoms with van der Waals surface area (Å²) in [5, 5.41) is 0.660. The fourth-order valence-corrected chi connectivity index (χ4v) is 2.73. The fraction of sp³-hybridized carbons (Fsp3) is 0.417. The van der Waals surface area contributed by atoms with E-state index in [2.05, 4.69) is 6.92 Å². The predicted molar refractivity (Wildman–Crippen MR) is 60.1 cm³/mol. The summed E-state index contributed by atoms with van der Waals surface area (Å²) in [4.78, 5) is 13.8. The zero-order valence-electron chi connectivity index (χ0n) is 8.53. The standard InChI is InChI=1S/C12H12ClNO/c1-8-12(6-7-12)11(15)14(8)10-5-3-2-4-9(10)13/h2-5,8H,6-7H2,1H3. The molecule has 2 aliphatic rings. The molecule has 1 saturated carbocycles. The number of β-lactam (4-membered cyclic amide) rings is 1. The minimum atomic E-state index is -0.0147. The molecule has 1 unspecified atom stereocenters. The van der Waals surface area contributed by atoms with Crippen LogP contribution in [0.4, 0.5) is 5.69 Å². The number of anilines is 1. The van der Waals surface area contributed by atoms with Gasteiger partial charge in [-0.15, -0.1) is 0 Å². The first-order valence-electron chi connectivity index (χ1n) is 5.25. The molecule has 0 bridgehead atoms. The van der Waals surface area contributed by atoms with E-state index in [1.165, 1.54) is 0 Å². The van der Waals surface area contributed by atoms with Crippen LogP contribution in [-0.2, 0) is 4.79 Å². The third-order valence-electron chi connectivity index (χ3n) is 3.73. The van der Waals surface area contributed by atoms with Gasteiger partial charge in [0.15, 0.2) is 0 Å². The number of benzene rings is 1. The summed E-state index contributed by atoms with van der Waals surface area (Å²) in [6, 6.07) is 7.85. The van der Waals surface area contributed by atoms with Crippen molar-refractivity contribution in [1.29, 1.82) is 0 Å². The predicted octanol–water partition coefficient (Wildman–Crippen LogP) is 2.86. The van der Waals surface area contributed by atoms with Gasteiger partial charge in [-0.2, -0.15) is 0 Å². The fourth-order valence-electron chi connectivity index (χ4n) is 2.51. The van der Waals surface area contributed by atoms with Crippen molar-refractivity contribution >= 4 is 23.2 Å². The molecular weight excluding hydrogens is 210 g/mol. The second kappa shape index (κ2) is 2.76. The van der Waals surface area contributed by atoms with Gasteiger partial charge < -0.3 is 4.90 Å². The summed E-state index contributed by atoms with van der Waals surface area (Å²) >= 11 is 6.08. The second-order valence-corrected chi connectivity index (χ2v) is 4.87. The first kappa shape index (κ1) is 9.22. The largest absolute Gasteiger partial charge is 0.307 e. The van der Waals surface area contributed by atoms with Crippen LogP contribution in [0.1, 0.15) is 19.8 Å². The molecule has 1 heterocycles. The molecule has 0 N–H and O–H groups in total. The smallest absolute Gasteiger partial charge is 0.235 e. The summed E-state index contributed by atoms with van der Waals surface area (Å²) in [5.74, 6) is 0.253. The Morgan fingerprint density at radius 2 is 2.07 bits per heavy atom. The van der Waals surface area contributed by atoms with Crippen molar-refractivity contribution in [2.75, 3.05) is 4.90 Å². The lowest BCUT2D eigenvalue weighted by atomic mass is 9.84. The van der Waals surface area contributed by atoms with Crippen LogP contribution < -0.4 is 4.90 Å². The van der Waals surface area contributed by atoms with Gasteiger partial charge in [0.1, 0.15) is 0 Å². The first-order chi connectivity index (χ1) is 7.17. The lowest BCUT2D eigenvalue weighted by Gasteiger charge is -2.46. The first-order valence-corrected chi connectivity index (χ1v) is 5.63. The lowest BCUT2D eigenvalue weighted by molar-refractivity contribution is -0.131. The Labute approximate surface area is 93.8 Å². The molecule has 1 spiro atoms. The molecule has 0 aromatic heterocycles. The molecule has 1 aliphatic heterocycles. The third-order valence-corrected chi connectivity index (χ3v) is 4.05. The molecule has 2 nitrogen and oxygen atoms in total. The molecule has 3 rings (SSSR count). The number of amides is 1. The topological polar surface area (TPSA) is 20.3 Å². The van der Waals surface area contributed by atoms with Crippen LogP contribution in [-0.4, -0.2) is 11.9 Å². The average molecular weight is 222 g/mol. The van der Waals surface area contributed by atoms with Crippen LogP contribution in [0.2, 0.25) is 5.02 Å². The lowest BCUT2D eigenvalue weighted by Crippen LogP contribution is -2.61. The summed E-state index contributed by atoms with van der Waals surface area (Å²) < 4.78 is 0. The van der Waals surface area contributed by atoms with E-state index in [0.29, 0.717) is 11.1 Å². The molecule has 78 valence electrons. The third kappa shape index (κ3) is 1.03. The second-order valence-electron chi connectivity index (χ2n) is 4.46. The number of carbonyl (C=O) groups is 1. The van der Waals surface area contributed by atoms with E-state index < -0.39 is 0 Å². The normalized spacial score (nSPS) is 26.7. The molecule has 1 aromatic rings. The van der Waals surface area contributed by atoms with E-state index in [0.717, 1.165) is 18.5 Å². The summed E-state index contributed by atoms with van der Waals surface area (Å²) in [5.41, 5.74) is 0.841. The SMILES string of the molecule is CC1N(c2ccccc2Cl)C(=O)C12CC2. The Bertz CT molecular complexity index is 439. The molecule has 1 aromatic carbocycles. The number of carbonyl (C=O) groups excluding carboxylic acids is 1. The zero-order valence-corrected chi connectivity index (χ0v) is 9.29. The monoisotopic (exact) mass is 221 g/mol. The van der Waals surface area contributed by atoms with Crippen LogP contribution in [0.25, 0.3) is 0 Å². The van der Waals surface area contributed by atoms with Gasteiger partial charge in [-0.1, -0.05) is 23.7 Å². The van der Waals surface area contributed by atoms with E-state index in [4.69, 9.17) is 11.6 Å². The van der Waals surface area contributed by atoms with Gasteiger partial charge in [-0.25, -0.2) is 0 Å². The quantitative estimate of drug-likeness (QED) is 0.668. The van der Waals surface area contributed by atoms with E-state index in [1.54, 1.807) is 0 Å². The van der Waals surface area contributed by atoms with Crippen LogP contribution in [0.5, 0.6) is 0 Å². The van der Waals surface area contributed by atoms with E-state index >= 15 is 0 Å². The van der Waals surface area contributed by atoms with Crippen LogP contribution in [0, 0.1) is 5.41 Å². The highest BCUT2D eigenvalue weighted by molar-refractivity contribution is 6.34. The maximum Gasteiger partial charge on any atom is 0.235 e. The summed E-state index contributed by atoms with van der Waals surface area (Å²) in [6.45, 7) is 2.11. The van der Waals surface area contributed by atoms with Crippen molar-refractivity contribution in [1.82, 2.24) is 0 Å². The maximum atomic E-state index is 12.0. The van der Waals surface area contributed by atoms with E-state index in [1.807, 2.05) is 29.2 Å². The Morgan fingerprint density at radius 3 is 2.60 bits per heavy atom. The Hall–Kier alpha value is -1.02. The molecule has 15 heavy (non-hydrogen) atoms. The highest BCUT2D eigenvalue weighted by Crippen LogP contribution is 2.60. The van der Waals surface area contributed by atoms with Gasteiger partial charge in [0.05, 0.1) is 16.1 Å². The Kier molecular flexibility index (Phi) is 1.70. The van der Waals surface area contributed by atoms with Crippen LogP contribution in [0.15, 0.2) is 24.3 Å². The molecule has 1 amide bonds. The number of nitrogens with zero attached hydrogens (tertiary/aromatic N) is 1. The zero-order chi connectivity index (χ0) is 10.6. The van der Waals surface area contributed by atoms with Gasteiger partial charge >= 0.3 is 0 Å². The van der Waals surface area contributed by atoms with Crippen LogP contribution in [0.3, 0.4) is 0 Å². The minimum absolute atomic E-state index is 0.0147. The molecule has 3 heteroatoms. The van der Waals surface area contributed by atoms with Gasteiger partial charge in [0.2, 0.25) is 5.91 Å². The maximum absolute atomic E-state index is 12.0. The van der Waals surface area contributed by atoms with Crippen LogP contribution >= 0.6 is 11.6 Å². The Balaban J connectivity index is 1.97. The Morgan fingerprint density at radius 1 is 1.40 bits per heavy atom.